The van der Waals surface area contributed by atoms with Gasteiger partial charge in [-0.05, 0) is 30.7 Å². The van der Waals surface area contributed by atoms with Crippen molar-refractivity contribution in [3.05, 3.63) is 28.7 Å². The van der Waals surface area contributed by atoms with Gasteiger partial charge in [0.25, 0.3) is 0 Å². The van der Waals surface area contributed by atoms with Gasteiger partial charge in [0.2, 0.25) is 0 Å². The van der Waals surface area contributed by atoms with E-state index >= 15 is 0 Å². The SMILES string of the molecule is CCC(C)CN(CC)CCNc1cccc(Br)c1. The molecule has 0 aromatic heterocycles. The topological polar surface area (TPSA) is 15.3 Å². The Kier molecular flexibility index (Phi) is 7.36. The van der Waals surface area contributed by atoms with Gasteiger partial charge in [0.05, 0.1) is 0 Å². The van der Waals surface area contributed by atoms with Gasteiger partial charge in [-0.25, -0.2) is 0 Å². The van der Waals surface area contributed by atoms with Crippen LogP contribution in [-0.4, -0.2) is 31.1 Å². The smallest absolute Gasteiger partial charge is 0.0351 e. The first kappa shape index (κ1) is 15.5. The Balaban J connectivity index is 2.31. The highest BCUT2D eigenvalue weighted by Crippen LogP contribution is 2.15. The number of hydrogen-bond donors (Lipinski definition) is 1. The lowest BCUT2D eigenvalue weighted by Gasteiger charge is -2.24. The summed E-state index contributed by atoms with van der Waals surface area (Å²) in [7, 11) is 0. The zero-order valence-electron chi connectivity index (χ0n) is 11.7. The van der Waals surface area contributed by atoms with Crippen LogP contribution in [0, 0.1) is 5.92 Å². The van der Waals surface area contributed by atoms with Gasteiger partial charge in [-0.2, -0.15) is 0 Å². The number of hydrogen-bond acceptors (Lipinski definition) is 2. The molecule has 0 spiro atoms. The Bertz CT molecular complexity index is 341. The molecule has 1 aromatic rings. The molecule has 2 nitrogen and oxygen atoms in total. The van der Waals surface area contributed by atoms with E-state index in [0.717, 1.165) is 30.0 Å². The zero-order valence-corrected chi connectivity index (χ0v) is 13.3. The average molecular weight is 313 g/mol. The van der Waals surface area contributed by atoms with Crippen LogP contribution in [0.25, 0.3) is 0 Å². The monoisotopic (exact) mass is 312 g/mol. The predicted octanol–water partition coefficient (Wildman–Crippen LogP) is 4.23. The number of nitrogens with one attached hydrogen (secondary N) is 1. The molecule has 0 fully saturated rings. The van der Waals surface area contributed by atoms with E-state index in [1.54, 1.807) is 0 Å². The number of nitrogens with zero attached hydrogens (tertiary/aromatic N) is 1. The van der Waals surface area contributed by atoms with Gasteiger partial charge in [0.1, 0.15) is 0 Å². The van der Waals surface area contributed by atoms with Gasteiger partial charge in [-0.3, -0.25) is 0 Å². The number of likely N-dealkylation sites (N-methyl/N-ethyl adjacent to an activating group) is 1. The first-order valence-electron chi connectivity index (χ1n) is 6.87. The summed E-state index contributed by atoms with van der Waals surface area (Å²) in [6.07, 6.45) is 1.26. The fourth-order valence-corrected chi connectivity index (χ4v) is 2.30. The summed E-state index contributed by atoms with van der Waals surface area (Å²) in [6.45, 7) is 11.3. The Morgan fingerprint density at radius 3 is 2.72 bits per heavy atom. The van der Waals surface area contributed by atoms with Crippen LogP contribution in [0.15, 0.2) is 28.7 Å². The molecule has 0 aliphatic rings. The fourth-order valence-electron chi connectivity index (χ4n) is 1.91. The van der Waals surface area contributed by atoms with Gasteiger partial charge >= 0.3 is 0 Å². The Labute approximate surface area is 120 Å². The van der Waals surface area contributed by atoms with Crippen LogP contribution in [0.4, 0.5) is 5.69 Å². The first-order chi connectivity index (χ1) is 8.65. The number of halogens is 1. The Morgan fingerprint density at radius 2 is 2.11 bits per heavy atom. The molecule has 1 unspecified atom stereocenters. The van der Waals surface area contributed by atoms with Gasteiger partial charge in [-0.15, -0.1) is 0 Å². The third-order valence-electron chi connectivity index (χ3n) is 3.30. The molecule has 1 rings (SSSR count). The van der Waals surface area contributed by atoms with Crippen LogP contribution in [0.2, 0.25) is 0 Å². The van der Waals surface area contributed by atoms with E-state index in [1.165, 1.54) is 18.7 Å². The van der Waals surface area contributed by atoms with Crippen LogP contribution in [-0.2, 0) is 0 Å². The third kappa shape index (κ3) is 5.87. The highest BCUT2D eigenvalue weighted by molar-refractivity contribution is 9.10. The zero-order chi connectivity index (χ0) is 13.4. The largest absolute Gasteiger partial charge is 0.384 e. The van der Waals surface area contributed by atoms with Crippen molar-refractivity contribution >= 4 is 21.6 Å². The van der Waals surface area contributed by atoms with Crippen molar-refractivity contribution in [3.8, 4) is 0 Å². The summed E-state index contributed by atoms with van der Waals surface area (Å²) >= 11 is 3.49. The summed E-state index contributed by atoms with van der Waals surface area (Å²) in [5, 5.41) is 3.47. The molecule has 3 heteroatoms. The summed E-state index contributed by atoms with van der Waals surface area (Å²) in [5.74, 6) is 0.788. The lowest BCUT2D eigenvalue weighted by Crippen LogP contribution is -2.32. The van der Waals surface area contributed by atoms with Crippen molar-refractivity contribution in [3.63, 3.8) is 0 Å². The van der Waals surface area contributed by atoms with E-state index in [1.807, 2.05) is 6.07 Å². The normalized spacial score (nSPS) is 12.7. The maximum Gasteiger partial charge on any atom is 0.0351 e. The van der Waals surface area contributed by atoms with Crippen molar-refractivity contribution in [2.45, 2.75) is 27.2 Å². The maximum atomic E-state index is 3.49. The van der Waals surface area contributed by atoms with Crippen LogP contribution in [0.5, 0.6) is 0 Å². The minimum Gasteiger partial charge on any atom is -0.384 e. The summed E-state index contributed by atoms with van der Waals surface area (Å²) < 4.78 is 1.12. The van der Waals surface area contributed by atoms with Crippen LogP contribution in [0.1, 0.15) is 27.2 Å². The number of benzene rings is 1. The maximum absolute atomic E-state index is 3.49. The summed E-state index contributed by atoms with van der Waals surface area (Å²) in [6, 6.07) is 8.33. The molecule has 102 valence electrons. The van der Waals surface area contributed by atoms with E-state index in [-0.39, 0.29) is 0 Å². The lowest BCUT2D eigenvalue weighted by atomic mass is 10.1. The second-order valence-corrected chi connectivity index (χ2v) is 5.76. The number of rotatable bonds is 8. The minimum atomic E-state index is 0.788. The minimum absolute atomic E-state index is 0.788. The predicted molar refractivity (Wildman–Crippen MR) is 84.2 cm³/mol. The molecule has 0 saturated heterocycles. The van der Waals surface area contributed by atoms with Gasteiger partial charge in [-0.1, -0.05) is 49.2 Å². The van der Waals surface area contributed by atoms with Crippen molar-refractivity contribution in [1.29, 1.82) is 0 Å². The molecule has 1 N–H and O–H groups in total. The summed E-state index contributed by atoms with van der Waals surface area (Å²) in [5.41, 5.74) is 1.18. The molecule has 0 heterocycles. The third-order valence-corrected chi connectivity index (χ3v) is 3.79. The van der Waals surface area contributed by atoms with Crippen molar-refractivity contribution in [1.82, 2.24) is 4.90 Å². The van der Waals surface area contributed by atoms with Crippen molar-refractivity contribution in [2.75, 3.05) is 31.5 Å². The molecule has 0 aliphatic carbocycles. The lowest BCUT2D eigenvalue weighted by molar-refractivity contribution is 0.254. The molecule has 1 aromatic carbocycles. The second-order valence-electron chi connectivity index (χ2n) is 4.84. The molecule has 0 bridgehead atoms. The Hall–Kier alpha value is -0.540. The molecule has 1 atom stereocenters. The highest BCUT2D eigenvalue weighted by atomic mass is 79.9. The van der Waals surface area contributed by atoms with Crippen LogP contribution >= 0.6 is 15.9 Å². The molecule has 0 saturated carbocycles. The number of anilines is 1. The average Bonchev–Trinajstić information content (AvgIpc) is 2.37. The van der Waals surface area contributed by atoms with Crippen LogP contribution < -0.4 is 5.32 Å². The van der Waals surface area contributed by atoms with E-state index < -0.39 is 0 Å². The van der Waals surface area contributed by atoms with Crippen LogP contribution in [0.3, 0.4) is 0 Å². The van der Waals surface area contributed by atoms with Gasteiger partial charge in [0.15, 0.2) is 0 Å². The van der Waals surface area contributed by atoms with E-state index in [4.69, 9.17) is 0 Å². The van der Waals surface area contributed by atoms with E-state index in [0.29, 0.717) is 0 Å². The molecule has 0 radical (unpaired) electrons. The molecular formula is C15H25BrN2. The van der Waals surface area contributed by atoms with E-state index in [9.17, 15) is 0 Å². The van der Waals surface area contributed by atoms with Crippen molar-refractivity contribution in [2.24, 2.45) is 5.92 Å². The Morgan fingerprint density at radius 1 is 1.33 bits per heavy atom. The first-order valence-corrected chi connectivity index (χ1v) is 7.66. The summed E-state index contributed by atoms with van der Waals surface area (Å²) in [4.78, 5) is 2.51. The molecule has 18 heavy (non-hydrogen) atoms. The fraction of sp³-hybridized carbons (Fsp3) is 0.600. The second kappa shape index (κ2) is 8.54. The standard InChI is InChI=1S/C15H25BrN2/c1-4-13(3)12-18(5-2)10-9-17-15-8-6-7-14(16)11-15/h6-8,11,13,17H,4-5,9-10,12H2,1-3H3. The van der Waals surface area contributed by atoms with Gasteiger partial charge in [0, 0.05) is 29.8 Å². The quantitative estimate of drug-likeness (QED) is 0.772. The van der Waals surface area contributed by atoms with Crippen molar-refractivity contribution < 1.29 is 0 Å². The highest BCUT2D eigenvalue weighted by Gasteiger charge is 2.06. The van der Waals surface area contributed by atoms with E-state index in [2.05, 4.69) is 65.1 Å². The molecule has 0 amide bonds. The van der Waals surface area contributed by atoms with Gasteiger partial charge < -0.3 is 10.2 Å². The molecule has 0 aliphatic heterocycles. The molecular weight excluding hydrogens is 288 g/mol.